The van der Waals surface area contributed by atoms with Gasteiger partial charge in [-0.3, -0.25) is 9.78 Å². The number of rotatable bonds is 5. The Bertz CT molecular complexity index is 577. The summed E-state index contributed by atoms with van der Waals surface area (Å²) in [5.74, 6) is -0.455. The molecule has 0 bridgehead atoms. The number of hydrogen-bond acceptors (Lipinski definition) is 2. The van der Waals surface area contributed by atoms with Gasteiger partial charge in [0.1, 0.15) is 5.82 Å². The third kappa shape index (κ3) is 4.13. The van der Waals surface area contributed by atoms with E-state index < -0.39 is 4.83 Å². The molecule has 0 saturated heterocycles. The van der Waals surface area contributed by atoms with Crippen LogP contribution in [0.25, 0.3) is 0 Å². The summed E-state index contributed by atoms with van der Waals surface area (Å²) in [5, 5.41) is 2.80. The van der Waals surface area contributed by atoms with Gasteiger partial charge in [0.15, 0.2) is 0 Å². The largest absolute Gasteiger partial charge is 0.351 e. The zero-order valence-corrected chi connectivity index (χ0v) is 12.3. The molecule has 0 aliphatic carbocycles. The fourth-order valence-electron chi connectivity index (χ4n) is 1.75. The number of halogens is 2. The number of nitrogens with zero attached hydrogens (tertiary/aromatic N) is 1. The average molecular weight is 337 g/mol. The van der Waals surface area contributed by atoms with Crippen LogP contribution in [0.2, 0.25) is 0 Å². The van der Waals surface area contributed by atoms with Crippen molar-refractivity contribution in [1.82, 2.24) is 10.3 Å². The van der Waals surface area contributed by atoms with Gasteiger partial charge >= 0.3 is 0 Å². The lowest BCUT2D eigenvalue weighted by molar-refractivity contribution is -0.120. The van der Waals surface area contributed by atoms with Crippen LogP contribution in [0, 0.1) is 5.82 Å². The highest BCUT2D eigenvalue weighted by Gasteiger charge is 2.16. The van der Waals surface area contributed by atoms with Crippen molar-refractivity contribution in [1.29, 1.82) is 0 Å². The molecule has 5 heteroatoms. The fourth-order valence-corrected chi connectivity index (χ4v) is 2.26. The second kappa shape index (κ2) is 7.14. The van der Waals surface area contributed by atoms with Crippen LogP contribution in [0.4, 0.5) is 4.39 Å². The molecule has 2 rings (SSSR count). The number of aromatic nitrogens is 1. The molecule has 1 atom stereocenters. The van der Waals surface area contributed by atoms with E-state index >= 15 is 0 Å². The van der Waals surface area contributed by atoms with Gasteiger partial charge in [0.25, 0.3) is 0 Å². The van der Waals surface area contributed by atoms with Gasteiger partial charge in [-0.15, -0.1) is 0 Å². The molecule has 1 aromatic heterocycles. The lowest BCUT2D eigenvalue weighted by atomic mass is 10.1. The van der Waals surface area contributed by atoms with E-state index in [4.69, 9.17) is 0 Å². The van der Waals surface area contributed by atoms with Gasteiger partial charge in [-0.1, -0.05) is 34.1 Å². The molecule has 1 aromatic carbocycles. The van der Waals surface area contributed by atoms with Crippen LogP contribution in [-0.2, 0) is 17.8 Å². The van der Waals surface area contributed by atoms with Gasteiger partial charge in [-0.05, 0) is 35.7 Å². The minimum Gasteiger partial charge on any atom is -0.351 e. The standard InChI is InChI=1S/C15H14BrFN2O/c16-13(9-12-3-1-2-4-14(12)17)15(20)19-10-11-5-7-18-8-6-11/h1-8,13H,9-10H2,(H,19,20). The molecule has 0 spiro atoms. The van der Waals surface area contributed by atoms with Crippen LogP contribution in [0.3, 0.4) is 0 Å². The lowest BCUT2D eigenvalue weighted by Crippen LogP contribution is -2.32. The molecule has 0 saturated carbocycles. The van der Waals surface area contributed by atoms with Crippen molar-refractivity contribution in [2.24, 2.45) is 0 Å². The number of benzene rings is 1. The van der Waals surface area contributed by atoms with E-state index in [0.29, 0.717) is 18.5 Å². The van der Waals surface area contributed by atoms with Gasteiger partial charge in [0.2, 0.25) is 5.91 Å². The minimum absolute atomic E-state index is 0.162. The topological polar surface area (TPSA) is 42.0 Å². The van der Waals surface area contributed by atoms with Gasteiger partial charge in [-0.2, -0.15) is 0 Å². The Morgan fingerprint density at radius 2 is 1.95 bits per heavy atom. The molecule has 2 aromatic rings. The maximum atomic E-state index is 13.5. The van der Waals surface area contributed by atoms with Crippen LogP contribution in [0.15, 0.2) is 48.8 Å². The average Bonchev–Trinajstić information content (AvgIpc) is 2.48. The van der Waals surface area contributed by atoms with E-state index in [1.54, 1.807) is 30.6 Å². The molecule has 0 radical (unpaired) electrons. The zero-order chi connectivity index (χ0) is 14.4. The maximum absolute atomic E-state index is 13.5. The van der Waals surface area contributed by atoms with Gasteiger partial charge in [0.05, 0.1) is 4.83 Å². The van der Waals surface area contributed by atoms with Crippen molar-refractivity contribution in [3.63, 3.8) is 0 Å². The first kappa shape index (κ1) is 14.7. The molecule has 0 fully saturated rings. The first-order chi connectivity index (χ1) is 9.66. The van der Waals surface area contributed by atoms with Crippen LogP contribution in [0.5, 0.6) is 0 Å². The first-order valence-electron chi connectivity index (χ1n) is 6.21. The Hall–Kier alpha value is -1.75. The molecule has 1 unspecified atom stereocenters. The molecular formula is C15H14BrFN2O. The predicted molar refractivity (Wildman–Crippen MR) is 78.9 cm³/mol. The SMILES string of the molecule is O=C(NCc1ccncc1)C(Br)Cc1ccccc1F. The summed E-state index contributed by atoms with van der Waals surface area (Å²) in [4.78, 5) is 15.4. The fraction of sp³-hybridized carbons (Fsp3) is 0.200. The number of pyridine rings is 1. The number of nitrogens with one attached hydrogen (secondary N) is 1. The van der Waals surface area contributed by atoms with Crippen molar-refractivity contribution in [3.8, 4) is 0 Å². The summed E-state index contributed by atoms with van der Waals surface area (Å²) in [7, 11) is 0. The Morgan fingerprint density at radius 1 is 1.25 bits per heavy atom. The van der Waals surface area contributed by atoms with Crippen molar-refractivity contribution < 1.29 is 9.18 Å². The highest BCUT2D eigenvalue weighted by atomic mass is 79.9. The second-order valence-electron chi connectivity index (χ2n) is 4.34. The normalized spacial score (nSPS) is 11.9. The third-order valence-corrected chi connectivity index (χ3v) is 3.60. The number of carbonyl (C=O) groups is 1. The first-order valence-corrected chi connectivity index (χ1v) is 7.12. The summed E-state index contributed by atoms with van der Waals surface area (Å²) in [6.07, 6.45) is 3.66. The Morgan fingerprint density at radius 3 is 2.65 bits per heavy atom. The molecular weight excluding hydrogens is 323 g/mol. The highest BCUT2D eigenvalue weighted by molar-refractivity contribution is 9.10. The maximum Gasteiger partial charge on any atom is 0.234 e. The number of amides is 1. The molecule has 0 aliphatic rings. The highest BCUT2D eigenvalue weighted by Crippen LogP contribution is 2.14. The van der Waals surface area contributed by atoms with Crippen LogP contribution >= 0.6 is 15.9 Å². The molecule has 1 N–H and O–H groups in total. The van der Waals surface area contributed by atoms with E-state index in [2.05, 4.69) is 26.2 Å². The van der Waals surface area contributed by atoms with E-state index in [-0.39, 0.29) is 11.7 Å². The van der Waals surface area contributed by atoms with Gasteiger partial charge < -0.3 is 5.32 Å². The number of alkyl halides is 1. The number of carbonyl (C=O) groups excluding carboxylic acids is 1. The molecule has 1 heterocycles. The van der Waals surface area contributed by atoms with E-state index in [0.717, 1.165) is 5.56 Å². The lowest BCUT2D eigenvalue weighted by Gasteiger charge is -2.11. The van der Waals surface area contributed by atoms with E-state index in [1.165, 1.54) is 6.07 Å². The Balaban J connectivity index is 1.88. The molecule has 1 amide bonds. The van der Waals surface area contributed by atoms with Crippen LogP contribution in [0.1, 0.15) is 11.1 Å². The van der Waals surface area contributed by atoms with Gasteiger partial charge in [-0.25, -0.2) is 4.39 Å². The summed E-state index contributed by atoms with van der Waals surface area (Å²) in [6, 6.07) is 10.1. The Kier molecular flexibility index (Phi) is 5.24. The Labute approximate surface area is 125 Å². The van der Waals surface area contributed by atoms with Crippen molar-refractivity contribution >= 4 is 21.8 Å². The smallest absolute Gasteiger partial charge is 0.234 e. The molecule has 20 heavy (non-hydrogen) atoms. The van der Waals surface area contributed by atoms with Crippen molar-refractivity contribution in [3.05, 3.63) is 65.7 Å². The monoisotopic (exact) mass is 336 g/mol. The molecule has 0 aliphatic heterocycles. The second-order valence-corrected chi connectivity index (χ2v) is 5.44. The summed E-state index contributed by atoms with van der Waals surface area (Å²) >= 11 is 3.30. The number of hydrogen-bond donors (Lipinski definition) is 1. The summed E-state index contributed by atoms with van der Waals surface area (Å²) in [6.45, 7) is 0.431. The van der Waals surface area contributed by atoms with E-state index in [1.807, 2.05) is 12.1 Å². The predicted octanol–water partition coefficient (Wildman–Crippen LogP) is 2.84. The zero-order valence-electron chi connectivity index (χ0n) is 10.7. The van der Waals surface area contributed by atoms with Crippen LogP contribution in [-0.4, -0.2) is 15.7 Å². The van der Waals surface area contributed by atoms with Gasteiger partial charge in [0, 0.05) is 18.9 Å². The third-order valence-electron chi connectivity index (χ3n) is 2.86. The van der Waals surface area contributed by atoms with Crippen LogP contribution < -0.4 is 5.32 Å². The summed E-state index contributed by atoms with van der Waals surface area (Å²) < 4.78 is 13.5. The molecule has 3 nitrogen and oxygen atoms in total. The summed E-state index contributed by atoms with van der Waals surface area (Å²) in [5.41, 5.74) is 1.49. The van der Waals surface area contributed by atoms with Crippen molar-refractivity contribution in [2.75, 3.05) is 0 Å². The quantitative estimate of drug-likeness (QED) is 0.853. The minimum atomic E-state index is -0.457. The molecule has 104 valence electrons. The van der Waals surface area contributed by atoms with Crippen molar-refractivity contribution in [2.45, 2.75) is 17.8 Å². The van der Waals surface area contributed by atoms with E-state index in [9.17, 15) is 9.18 Å².